The molecule has 0 heterocycles. The monoisotopic (exact) mass is 468 g/mol. The summed E-state index contributed by atoms with van der Waals surface area (Å²) in [6.07, 6.45) is 5.75. The third kappa shape index (κ3) is 9.99. The lowest BCUT2D eigenvalue weighted by molar-refractivity contribution is -0.173. The smallest absolute Gasteiger partial charge is 0.311 e. The zero-order chi connectivity index (χ0) is 26.1. The second-order valence-electron chi connectivity index (χ2n) is 12.8. The van der Waals surface area contributed by atoms with Gasteiger partial charge in [0, 0.05) is 0 Å². The summed E-state index contributed by atoms with van der Waals surface area (Å²) < 4.78 is 0. The summed E-state index contributed by atoms with van der Waals surface area (Å²) in [5, 5.41) is 20.7. The van der Waals surface area contributed by atoms with Crippen LogP contribution in [0.5, 0.6) is 0 Å². The number of hydrogen-bond acceptors (Lipinski definition) is 2. The van der Waals surface area contributed by atoms with Crippen LogP contribution in [-0.2, 0) is 9.59 Å². The van der Waals surface area contributed by atoms with Gasteiger partial charge in [0.15, 0.2) is 0 Å². The minimum Gasteiger partial charge on any atom is -0.481 e. The maximum atomic E-state index is 13.0. The zero-order valence-corrected chi connectivity index (χ0v) is 23.6. The van der Waals surface area contributed by atoms with Gasteiger partial charge in [-0.3, -0.25) is 9.59 Å². The molecule has 2 N–H and O–H groups in total. The predicted octanol–water partition coefficient (Wildman–Crippen LogP) is 8.25. The van der Waals surface area contributed by atoms with E-state index in [0.29, 0.717) is 35.5 Å². The van der Waals surface area contributed by atoms with Crippen molar-refractivity contribution >= 4 is 11.9 Å². The molecule has 0 aliphatic heterocycles. The van der Waals surface area contributed by atoms with Crippen molar-refractivity contribution in [3.8, 4) is 0 Å². The molecule has 0 fully saturated rings. The van der Waals surface area contributed by atoms with E-state index in [0.717, 1.165) is 38.5 Å². The van der Waals surface area contributed by atoms with Crippen LogP contribution < -0.4 is 0 Å². The summed E-state index contributed by atoms with van der Waals surface area (Å²) in [7, 11) is 0. The van der Waals surface area contributed by atoms with E-state index in [-0.39, 0.29) is 11.8 Å². The van der Waals surface area contributed by atoms with E-state index in [1.807, 2.05) is 13.8 Å². The van der Waals surface area contributed by atoms with E-state index in [1.165, 1.54) is 0 Å². The van der Waals surface area contributed by atoms with Gasteiger partial charge in [0.25, 0.3) is 0 Å². The lowest BCUT2D eigenvalue weighted by Gasteiger charge is -2.45. The fraction of sp³-hybridized carbons (Fsp3) is 0.931. The summed E-state index contributed by atoms with van der Waals surface area (Å²) in [5.74, 6) is -0.308. The molecule has 0 aromatic rings. The fourth-order valence-corrected chi connectivity index (χ4v) is 6.78. The Kier molecular flexibility index (Phi) is 13.9. The van der Waals surface area contributed by atoms with Gasteiger partial charge in [0.05, 0.1) is 11.3 Å². The summed E-state index contributed by atoms with van der Waals surface area (Å²) in [4.78, 5) is 25.3. The summed E-state index contributed by atoms with van der Waals surface area (Å²) >= 11 is 0. The third-order valence-corrected chi connectivity index (χ3v) is 7.68. The molecule has 4 heteroatoms. The molecule has 0 rings (SSSR count). The third-order valence-electron chi connectivity index (χ3n) is 7.68. The van der Waals surface area contributed by atoms with Crippen LogP contribution in [0.3, 0.4) is 0 Å². The number of carboxylic acid groups (broad SMARTS) is 2. The molecule has 0 aliphatic carbocycles. The molecular weight excluding hydrogens is 412 g/mol. The van der Waals surface area contributed by atoms with Gasteiger partial charge in [0.2, 0.25) is 0 Å². The number of carbonyl (C=O) groups is 2. The zero-order valence-electron chi connectivity index (χ0n) is 23.6. The van der Waals surface area contributed by atoms with E-state index < -0.39 is 23.3 Å². The average Bonchev–Trinajstić information content (AvgIpc) is 2.58. The van der Waals surface area contributed by atoms with Crippen molar-refractivity contribution in [2.45, 2.75) is 115 Å². The van der Waals surface area contributed by atoms with Crippen LogP contribution in [0.2, 0.25) is 0 Å². The molecule has 33 heavy (non-hydrogen) atoms. The van der Waals surface area contributed by atoms with Gasteiger partial charge in [-0.1, -0.05) is 76.2 Å². The largest absolute Gasteiger partial charge is 0.481 e. The van der Waals surface area contributed by atoms with Crippen molar-refractivity contribution in [2.75, 3.05) is 0 Å². The standard InChI is InChI=1S/C29H56O4/c1-18(2)12-25(13-19(3)4)16-22(9)29(28(32)33,24(11)27(30)31)23(10)17-26(14-20(5)6)15-21(7)8/h18-26H,12-17H2,1-11H3,(H,30,31)(H,32,33). The lowest BCUT2D eigenvalue weighted by Crippen LogP contribution is -2.51. The molecule has 3 atom stereocenters. The van der Waals surface area contributed by atoms with Gasteiger partial charge in [-0.25, -0.2) is 0 Å². The molecule has 0 aromatic carbocycles. The van der Waals surface area contributed by atoms with Gasteiger partial charge in [-0.15, -0.1) is 0 Å². The number of carboxylic acids is 2. The Morgan fingerprint density at radius 1 is 0.545 bits per heavy atom. The molecule has 0 radical (unpaired) electrons. The first-order chi connectivity index (χ1) is 15.0. The Balaban J connectivity index is 6.26. The van der Waals surface area contributed by atoms with Crippen molar-refractivity contribution in [1.29, 1.82) is 0 Å². The van der Waals surface area contributed by atoms with Crippen molar-refractivity contribution in [3.63, 3.8) is 0 Å². The molecule has 0 aliphatic rings. The molecule has 4 nitrogen and oxygen atoms in total. The first-order valence-corrected chi connectivity index (χ1v) is 13.5. The van der Waals surface area contributed by atoms with Gasteiger partial charge in [-0.2, -0.15) is 0 Å². The first kappa shape index (κ1) is 31.9. The average molecular weight is 469 g/mol. The highest BCUT2D eigenvalue weighted by Crippen LogP contribution is 2.50. The molecule has 0 saturated heterocycles. The second-order valence-corrected chi connectivity index (χ2v) is 12.8. The molecule has 0 spiro atoms. The van der Waals surface area contributed by atoms with Crippen LogP contribution in [0.1, 0.15) is 115 Å². The van der Waals surface area contributed by atoms with Crippen LogP contribution in [0.15, 0.2) is 0 Å². The molecule has 0 saturated carbocycles. The van der Waals surface area contributed by atoms with Gasteiger partial charge in [-0.05, 0) is 85.9 Å². The Bertz CT molecular complexity index is 526. The minimum absolute atomic E-state index is 0.211. The highest BCUT2D eigenvalue weighted by atomic mass is 16.4. The van der Waals surface area contributed by atoms with E-state index >= 15 is 0 Å². The Labute approximate surface area is 205 Å². The van der Waals surface area contributed by atoms with Gasteiger partial charge < -0.3 is 10.2 Å². The number of hydrogen-bond donors (Lipinski definition) is 2. The Morgan fingerprint density at radius 2 is 0.818 bits per heavy atom. The lowest BCUT2D eigenvalue weighted by atomic mass is 9.56. The van der Waals surface area contributed by atoms with Crippen molar-refractivity contribution in [3.05, 3.63) is 0 Å². The maximum Gasteiger partial charge on any atom is 0.311 e. The Morgan fingerprint density at radius 3 is 1.00 bits per heavy atom. The quantitative estimate of drug-likeness (QED) is 0.225. The van der Waals surface area contributed by atoms with Crippen molar-refractivity contribution in [1.82, 2.24) is 0 Å². The van der Waals surface area contributed by atoms with Crippen LogP contribution in [0, 0.1) is 58.7 Å². The summed E-state index contributed by atoms with van der Waals surface area (Å²) in [6, 6.07) is 0. The normalized spacial score (nSPS) is 17.2. The highest BCUT2D eigenvalue weighted by Gasteiger charge is 2.55. The second kappa shape index (κ2) is 14.4. The van der Waals surface area contributed by atoms with E-state index in [2.05, 4.69) is 55.4 Å². The van der Waals surface area contributed by atoms with E-state index in [4.69, 9.17) is 0 Å². The summed E-state index contributed by atoms with van der Waals surface area (Å²) in [5.41, 5.74) is -1.27. The van der Waals surface area contributed by atoms with E-state index in [9.17, 15) is 19.8 Å². The summed E-state index contributed by atoms with van der Waals surface area (Å²) in [6.45, 7) is 23.4. The van der Waals surface area contributed by atoms with E-state index in [1.54, 1.807) is 6.92 Å². The molecular formula is C29H56O4. The van der Waals surface area contributed by atoms with Gasteiger partial charge >= 0.3 is 11.9 Å². The molecule has 196 valence electrons. The molecule has 0 bridgehead atoms. The van der Waals surface area contributed by atoms with Crippen LogP contribution in [-0.4, -0.2) is 22.2 Å². The molecule has 0 aromatic heterocycles. The van der Waals surface area contributed by atoms with Gasteiger partial charge in [0.1, 0.15) is 0 Å². The Hall–Kier alpha value is -1.06. The van der Waals surface area contributed by atoms with Crippen LogP contribution >= 0.6 is 0 Å². The SMILES string of the molecule is CC(C)CC(CC(C)C)CC(C)C(C(=O)O)(C(C)CC(CC(C)C)CC(C)C)C(C)C(=O)O. The van der Waals surface area contributed by atoms with Crippen molar-refractivity contribution in [2.24, 2.45) is 58.7 Å². The molecule has 3 unspecified atom stereocenters. The maximum absolute atomic E-state index is 13.0. The van der Waals surface area contributed by atoms with Crippen molar-refractivity contribution < 1.29 is 19.8 Å². The van der Waals surface area contributed by atoms with Crippen LogP contribution in [0.25, 0.3) is 0 Å². The topological polar surface area (TPSA) is 74.6 Å². The minimum atomic E-state index is -1.27. The predicted molar refractivity (Wildman–Crippen MR) is 139 cm³/mol. The van der Waals surface area contributed by atoms with Crippen LogP contribution in [0.4, 0.5) is 0 Å². The highest BCUT2D eigenvalue weighted by molar-refractivity contribution is 5.83. The first-order valence-electron chi connectivity index (χ1n) is 13.5. The number of aliphatic carboxylic acids is 2. The molecule has 0 amide bonds. The fourth-order valence-electron chi connectivity index (χ4n) is 6.78. The number of rotatable bonds is 17.